The molecule has 146 valence electrons. The molecule has 0 atom stereocenters. The van der Waals surface area contributed by atoms with Gasteiger partial charge in [-0.2, -0.15) is 13.2 Å². The number of nitrogens with one attached hydrogen (secondary N) is 2. The molecule has 0 saturated carbocycles. The maximum absolute atomic E-state index is 12.2. The van der Waals surface area contributed by atoms with E-state index >= 15 is 0 Å². The van der Waals surface area contributed by atoms with Gasteiger partial charge in [-0.3, -0.25) is 4.99 Å². The van der Waals surface area contributed by atoms with E-state index in [1.54, 1.807) is 19.2 Å². The minimum Gasteiger partial charge on any atom is -0.484 e. The Balaban J connectivity index is 1.73. The molecular formula is C18H27F3N4O. The van der Waals surface area contributed by atoms with Crippen LogP contribution in [-0.4, -0.2) is 56.9 Å². The first-order valence-electron chi connectivity index (χ1n) is 8.91. The molecule has 0 aliphatic carbocycles. The lowest BCUT2D eigenvalue weighted by atomic mass is 10.1. The third-order valence-electron chi connectivity index (χ3n) is 4.15. The van der Waals surface area contributed by atoms with Gasteiger partial charge < -0.3 is 20.3 Å². The summed E-state index contributed by atoms with van der Waals surface area (Å²) < 4.78 is 41.5. The number of alkyl halides is 3. The number of guanidine groups is 1. The second-order valence-corrected chi connectivity index (χ2v) is 6.31. The van der Waals surface area contributed by atoms with Crippen molar-refractivity contribution in [1.82, 2.24) is 15.5 Å². The SMILES string of the molecule is CN=C(NCCN1CCCCC1)NCc1cccc(OCC(F)(F)F)c1. The molecule has 2 rings (SSSR count). The van der Waals surface area contributed by atoms with Gasteiger partial charge in [0, 0.05) is 26.7 Å². The van der Waals surface area contributed by atoms with E-state index in [0.29, 0.717) is 12.5 Å². The first kappa shape index (κ1) is 20.4. The summed E-state index contributed by atoms with van der Waals surface area (Å²) in [5.74, 6) is 0.873. The zero-order chi connectivity index (χ0) is 18.8. The van der Waals surface area contributed by atoms with E-state index in [2.05, 4.69) is 20.5 Å². The van der Waals surface area contributed by atoms with Crippen LogP contribution in [0.15, 0.2) is 29.3 Å². The third kappa shape index (κ3) is 7.95. The summed E-state index contributed by atoms with van der Waals surface area (Å²) in [7, 11) is 1.69. The number of piperidine rings is 1. The predicted octanol–water partition coefficient (Wildman–Crippen LogP) is 2.78. The minimum atomic E-state index is -4.34. The fraction of sp³-hybridized carbons (Fsp3) is 0.611. The van der Waals surface area contributed by atoms with E-state index in [1.807, 2.05) is 6.07 Å². The number of nitrogens with zero attached hydrogens (tertiary/aromatic N) is 2. The van der Waals surface area contributed by atoms with Crippen LogP contribution in [0.5, 0.6) is 5.75 Å². The topological polar surface area (TPSA) is 48.9 Å². The van der Waals surface area contributed by atoms with E-state index in [1.165, 1.54) is 25.3 Å². The van der Waals surface area contributed by atoms with Crippen LogP contribution in [-0.2, 0) is 6.54 Å². The Morgan fingerprint density at radius 3 is 2.65 bits per heavy atom. The number of likely N-dealkylation sites (tertiary alicyclic amines) is 1. The first-order chi connectivity index (χ1) is 12.5. The van der Waals surface area contributed by atoms with Crippen LogP contribution in [0.2, 0.25) is 0 Å². The predicted molar refractivity (Wildman–Crippen MR) is 96.5 cm³/mol. The Kier molecular flexibility index (Phi) is 8.03. The summed E-state index contributed by atoms with van der Waals surface area (Å²) in [6.45, 7) is 3.24. The van der Waals surface area contributed by atoms with Crippen LogP contribution in [0.25, 0.3) is 0 Å². The average molecular weight is 372 g/mol. The molecule has 1 aromatic rings. The van der Waals surface area contributed by atoms with Crippen molar-refractivity contribution in [1.29, 1.82) is 0 Å². The second-order valence-electron chi connectivity index (χ2n) is 6.31. The van der Waals surface area contributed by atoms with Gasteiger partial charge in [-0.15, -0.1) is 0 Å². The number of aliphatic imine (C=N–C) groups is 1. The quantitative estimate of drug-likeness (QED) is 0.571. The molecule has 0 aromatic heterocycles. The molecule has 26 heavy (non-hydrogen) atoms. The molecule has 0 unspecified atom stereocenters. The van der Waals surface area contributed by atoms with Gasteiger partial charge in [0.2, 0.25) is 0 Å². The molecule has 5 nitrogen and oxygen atoms in total. The van der Waals surface area contributed by atoms with E-state index in [9.17, 15) is 13.2 Å². The number of hydrogen-bond donors (Lipinski definition) is 2. The molecule has 8 heteroatoms. The van der Waals surface area contributed by atoms with Crippen molar-refractivity contribution in [3.63, 3.8) is 0 Å². The molecular weight excluding hydrogens is 345 g/mol. The molecule has 1 fully saturated rings. The van der Waals surface area contributed by atoms with Crippen LogP contribution in [0.4, 0.5) is 13.2 Å². The van der Waals surface area contributed by atoms with Crippen molar-refractivity contribution in [2.75, 3.05) is 39.8 Å². The van der Waals surface area contributed by atoms with Crippen molar-refractivity contribution in [2.24, 2.45) is 4.99 Å². The maximum atomic E-state index is 12.2. The van der Waals surface area contributed by atoms with Gasteiger partial charge in [0.05, 0.1) is 0 Å². The molecule has 1 aliphatic heterocycles. The largest absolute Gasteiger partial charge is 0.484 e. The highest BCUT2D eigenvalue weighted by Crippen LogP contribution is 2.19. The van der Waals surface area contributed by atoms with Crippen LogP contribution < -0.4 is 15.4 Å². The van der Waals surface area contributed by atoms with Gasteiger partial charge in [0.1, 0.15) is 5.75 Å². The lowest BCUT2D eigenvalue weighted by molar-refractivity contribution is -0.153. The zero-order valence-electron chi connectivity index (χ0n) is 15.1. The normalized spacial score (nSPS) is 16.4. The molecule has 1 aliphatic rings. The number of halogens is 3. The minimum absolute atomic E-state index is 0.203. The summed E-state index contributed by atoms with van der Waals surface area (Å²) in [6, 6.07) is 6.62. The number of benzene rings is 1. The van der Waals surface area contributed by atoms with Gasteiger partial charge in [-0.25, -0.2) is 0 Å². The highest BCUT2D eigenvalue weighted by molar-refractivity contribution is 5.79. The standard InChI is InChI=1S/C18H27F3N4O/c1-22-17(23-8-11-25-9-3-2-4-10-25)24-13-15-6-5-7-16(12-15)26-14-18(19,20)21/h5-7,12H,2-4,8-11,13-14H2,1H3,(H2,22,23,24). The van der Waals surface area contributed by atoms with E-state index in [-0.39, 0.29) is 5.75 Å². The molecule has 1 aromatic carbocycles. The Morgan fingerprint density at radius 1 is 1.19 bits per heavy atom. The summed E-state index contributed by atoms with van der Waals surface area (Å²) in [5, 5.41) is 6.43. The summed E-state index contributed by atoms with van der Waals surface area (Å²) >= 11 is 0. The third-order valence-corrected chi connectivity index (χ3v) is 4.15. The fourth-order valence-electron chi connectivity index (χ4n) is 2.83. The Morgan fingerprint density at radius 2 is 1.96 bits per heavy atom. The van der Waals surface area contributed by atoms with Gasteiger partial charge in [0.25, 0.3) is 0 Å². The average Bonchev–Trinajstić information content (AvgIpc) is 2.63. The van der Waals surface area contributed by atoms with Crippen LogP contribution in [0.1, 0.15) is 24.8 Å². The van der Waals surface area contributed by atoms with Crippen molar-refractivity contribution >= 4 is 5.96 Å². The van der Waals surface area contributed by atoms with Crippen LogP contribution in [0.3, 0.4) is 0 Å². The number of hydrogen-bond acceptors (Lipinski definition) is 3. The van der Waals surface area contributed by atoms with E-state index in [4.69, 9.17) is 4.74 Å². The maximum Gasteiger partial charge on any atom is 0.422 e. The van der Waals surface area contributed by atoms with Gasteiger partial charge in [-0.1, -0.05) is 18.6 Å². The van der Waals surface area contributed by atoms with Crippen LogP contribution >= 0.6 is 0 Å². The lowest BCUT2D eigenvalue weighted by Crippen LogP contribution is -2.42. The molecule has 1 heterocycles. The molecule has 2 N–H and O–H groups in total. The highest BCUT2D eigenvalue weighted by atomic mass is 19.4. The summed E-state index contributed by atoms with van der Waals surface area (Å²) in [5.41, 5.74) is 0.823. The Bertz CT molecular complexity index is 572. The van der Waals surface area contributed by atoms with Crippen molar-refractivity contribution in [2.45, 2.75) is 32.0 Å². The summed E-state index contributed by atoms with van der Waals surface area (Å²) in [4.78, 5) is 6.61. The Hall–Kier alpha value is -1.96. The van der Waals surface area contributed by atoms with Crippen LogP contribution in [0, 0.1) is 0 Å². The first-order valence-corrected chi connectivity index (χ1v) is 8.91. The number of ether oxygens (including phenoxy) is 1. The van der Waals surface area contributed by atoms with Crippen molar-refractivity contribution < 1.29 is 17.9 Å². The van der Waals surface area contributed by atoms with Crippen molar-refractivity contribution in [3.8, 4) is 5.75 Å². The summed E-state index contributed by atoms with van der Waals surface area (Å²) in [6.07, 6.45) is -0.493. The fourth-order valence-corrected chi connectivity index (χ4v) is 2.83. The molecule has 0 radical (unpaired) electrons. The van der Waals surface area contributed by atoms with Crippen molar-refractivity contribution in [3.05, 3.63) is 29.8 Å². The lowest BCUT2D eigenvalue weighted by Gasteiger charge is -2.26. The molecule has 0 spiro atoms. The zero-order valence-corrected chi connectivity index (χ0v) is 15.1. The van der Waals surface area contributed by atoms with Gasteiger partial charge in [0.15, 0.2) is 12.6 Å². The molecule has 1 saturated heterocycles. The van der Waals surface area contributed by atoms with E-state index in [0.717, 1.165) is 31.7 Å². The molecule has 0 amide bonds. The second kappa shape index (κ2) is 10.3. The monoisotopic (exact) mass is 372 g/mol. The highest BCUT2D eigenvalue weighted by Gasteiger charge is 2.28. The number of rotatable bonds is 7. The smallest absolute Gasteiger partial charge is 0.422 e. The Labute approximate surface area is 152 Å². The molecule has 0 bridgehead atoms. The van der Waals surface area contributed by atoms with Gasteiger partial charge in [-0.05, 0) is 43.6 Å². The van der Waals surface area contributed by atoms with E-state index < -0.39 is 12.8 Å². The van der Waals surface area contributed by atoms with Gasteiger partial charge >= 0.3 is 6.18 Å².